The van der Waals surface area contributed by atoms with Gasteiger partial charge < -0.3 is 5.11 Å². The standard InChI is InChI=1S/C16H16ClFO/c1-16(11-19,13-4-8-15(18)9-5-13)10-12-2-6-14(17)7-3-12/h2-9,19H,10-11H2,1H3. The first-order valence-electron chi connectivity index (χ1n) is 6.15. The SMILES string of the molecule is CC(CO)(Cc1ccc(Cl)cc1)c1ccc(F)cc1. The zero-order chi connectivity index (χ0) is 13.9. The molecule has 0 amide bonds. The van der Waals surface area contributed by atoms with Gasteiger partial charge in [-0.2, -0.15) is 0 Å². The van der Waals surface area contributed by atoms with Crippen LogP contribution in [0.5, 0.6) is 0 Å². The van der Waals surface area contributed by atoms with Crippen molar-refractivity contribution in [2.45, 2.75) is 18.8 Å². The molecule has 1 atom stereocenters. The van der Waals surface area contributed by atoms with Crippen LogP contribution in [0, 0.1) is 5.82 Å². The van der Waals surface area contributed by atoms with Gasteiger partial charge in [-0.15, -0.1) is 0 Å². The number of hydrogen-bond acceptors (Lipinski definition) is 1. The number of aliphatic hydroxyl groups excluding tert-OH is 1. The molecule has 2 aromatic rings. The van der Waals surface area contributed by atoms with Crippen molar-refractivity contribution >= 4 is 11.6 Å². The minimum Gasteiger partial charge on any atom is -0.395 e. The van der Waals surface area contributed by atoms with E-state index in [9.17, 15) is 9.50 Å². The monoisotopic (exact) mass is 278 g/mol. The number of aliphatic hydroxyl groups is 1. The van der Waals surface area contributed by atoms with Crippen molar-refractivity contribution in [3.63, 3.8) is 0 Å². The molecular weight excluding hydrogens is 263 g/mol. The normalized spacial score (nSPS) is 14.1. The first-order chi connectivity index (χ1) is 9.03. The second-order valence-electron chi connectivity index (χ2n) is 5.03. The van der Waals surface area contributed by atoms with E-state index in [0.717, 1.165) is 11.1 Å². The zero-order valence-electron chi connectivity index (χ0n) is 10.7. The lowest BCUT2D eigenvalue weighted by molar-refractivity contribution is 0.204. The molecule has 1 unspecified atom stereocenters. The molecule has 0 aliphatic heterocycles. The van der Waals surface area contributed by atoms with E-state index >= 15 is 0 Å². The van der Waals surface area contributed by atoms with Crippen molar-refractivity contribution in [1.82, 2.24) is 0 Å². The van der Waals surface area contributed by atoms with E-state index in [4.69, 9.17) is 11.6 Å². The molecule has 0 aliphatic rings. The van der Waals surface area contributed by atoms with E-state index in [1.54, 1.807) is 12.1 Å². The average Bonchev–Trinajstić information content (AvgIpc) is 2.42. The van der Waals surface area contributed by atoms with E-state index in [-0.39, 0.29) is 12.4 Å². The summed E-state index contributed by atoms with van der Waals surface area (Å²) >= 11 is 5.86. The van der Waals surface area contributed by atoms with E-state index in [1.165, 1.54) is 12.1 Å². The quantitative estimate of drug-likeness (QED) is 0.897. The van der Waals surface area contributed by atoms with Crippen LogP contribution in [0.3, 0.4) is 0 Å². The third kappa shape index (κ3) is 3.34. The van der Waals surface area contributed by atoms with Crippen LogP contribution < -0.4 is 0 Å². The van der Waals surface area contributed by atoms with Crippen LogP contribution in [-0.2, 0) is 11.8 Å². The van der Waals surface area contributed by atoms with Crippen LogP contribution >= 0.6 is 11.6 Å². The largest absolute Gasteiger partial charge is 0.395 e. The molecule has 3 heteroatoms. The summed E-state index contributed by atoms with van der Waals surface area (Å²) in [5.74, 6) is -0.268. The highest BCUT2D eigenvalue weighted by molar-refractivity contribution is 6.30. The second-order valence-corrected chi connectivity index (χ2v) is 5.47. The second kappa shape index (κ2) is 5.72. The lowest BCUT2D eigenvalue weighted by Gasteiger charge is -2.28. The Hall–Kier alpha value is -1.38. The van der Waals surface area contributed by atoms with Gasteiger partial charge in [-0.1, -0.05) is 42.8 Å². The van der Waals surface area contributed by atoms with Crippen LogP contribution in [-0.4, -0.2) is 11.7 Å². The summed E-state index contributed by atoms with van der Waals surface area (Å²) in [6.45, 7) is 1.97. The Balaban J connectivity index is 2.27. The van der Waals surface area contributed by atoms with E-state index < -0.39 is 5.41 Å². The topological polar surface area (TPSA) is 20.2 Å². The molecule has 0 saturated heterocycles. The molecule has 0 aromatic heterocycles. The maximum absolute atomic E-state index is 13.0. The van der Waals surface area contributed by atoms with Gasteiger partial charge in [0.15, 0.2) is 0 Å². The van der Waals surface area contributed by atoms with E-state index in [0.29, 0.717) is 11.4 Å². The Morgan fingerprint density at radius 1 is 1.05 bits per heavy atom. The number of halogens is 2. The molecule has 100 valence electrons. The molecule has 2 rings (SSSR count). The van der Waals surface area contributed by atoms with Crippen molar-refractivity contribution < 1.29 is 9.50 Å². The molecule has 0 radical (unpaired) electrons. The van der Waals surface area contributed by atoms with Gasteiger partial charge in [-0.3, -0.25) is 0 Å². The third-order valence-electron chi connectivity index (χ3n) is 3.40. The van der Waals surface area contributed by atoms with E-state index in [1.807, 2.05) is 31.2 Å². The highest BCUT2D eigenvalue weighted by Gasteiger charge is 2.26. The van der Waals surface area contributed by atoms with Crippen molar-refractivity contribution in [2.75, 3.05) is 6.61 Å². The number of rotatable bonds is 4. The lowest BCUT2D eigenvalue weighted by Crippen LogP contribution is -2.29. The van der Waals surface area contributed by atoms with Crippen LogP contribution in [0.25, 0.3) is 0 Å². The van der Waals surface area contributed by atoms with Gasteiger partial charge in [-0.05, 0) is 41.8 Å². The van der Waals surface area contributed by atoms with Gasteiger partial charge in [0, 0.05) is 10.4 Å². The maximum atomic E-state index is 13.0. The summed E-state index contributed by atoms with van der Waals surface area (Å²) in [6, 6.07) is 13.8. The maximum Gasteiger partial charge on any atom is 0.123 e. The smallest absolute Gasteiger partial charge is 0.123 e. The highest BCUT2D eigenvalue weighted by atomic mass is 35.5. The Morgan fingerprint density at radius 3 is 2.16 bits per heavy atom. The highest BCUT2D eigenvalue weighted by Crippen LogP contribution is 2.28. The fourth-order valence-electron chi connectivity index (χ4n) is 2.15. The molecule has 0 saturated carbocycles. The van der Waals surface area contributed by atoms with Gasteiger partial charge in [0.1, 0.15) is 5.82 Å². The van der Waals surface area contributed by atoms with Gasteiger partial charge in [0.25, 0.3) is 0 Å². The molecule has 0 fully saturated rings. The first-order valence-corrected chi connectivity index (χ1v) is 6.53. The molecule has 0 aliphatic carbocycles. The number of benzene rings is 2. The Morgan fingerprint density at radius 2 is 1.63 bits per heavy atom. The summed E-state index contributed by atoms with van der Waals surface area (Å²) in [7, 11) is 0. The fraction of sp³-hybridized carbons (Fsp3) is 0.250. The molecule has 1 N–H and O–H groups in total. The van der Waals surface area contributed by atoms with Gasteiger partial charge >= 0.3 is 0 Å². The van der Waals surface area contributed by atoms with Gasteiger partial charge in [-0.25, -0.2) is 4.39 Å². The molecule has 0 spiro atoms. The summed E-state index contributed by atoms with van der Waals surface area (Å²) in [6.07, 6.45) is 0.673. The van der Waals surface area contributed by atoms with E-state index in [2.05, 4.69) is 0 Å². The minimum atomic E-state index is -0.429. The van der Waals surface area contributed by atoms with Crippen molar-refractivity contribution in [1.29, 1.82) is 0 Å². The molecular formula is C16H16ClFO. The zero-order valence-corrected chi connectivity index (χ0v) is 11.5. The predicted octanol–water partition coefficient (Wildman–Crippen LogP) is 3.97. The molecule has 2 aromatic carbocycles. The van der Waals surface area contributed by atoms with Crippen LogP contribution in [0.1, 0.15) is 18.1 Å². The lowest BCUT2D eigenvalue weighted by atomic mass is 9.78. The van der Waals surface area contributed by atoms with Crippen molar-refractivity contribution in [3.05, 3.63) is 70.5 Å². The molecule has 0 heterocycles. The van der Waals surface area contributed by atoms with Crippen molar-refractivity contribution in [2.24, 2.45) is 0 Å². The van der Waals surface area contributed by atoms with Gasteiger partial charge in [0.05, 0.1) is 6.61 Å². The van der Waals surface area contributed by atoms with Crippen LogP contribution in [0.15, 0.2) is 48.5 Å². The average molecular weight is 279 g/mol. The Labute approximate surface area is 117 Å². The first kappa shape index (κ1) is 14.0. The Kier molecular flexibility index (Phi) is 4.23. The summed E-state index contributed by atoms with van der Waals surface area (Å²) in [5, 5.41) is 10.4. The van der Waals surface area contributed by atoms with Crippen LogP contribution in [0.2, 0.25) is 5.02 Å². The van der Waals surface area contributed by atoms with Gasteiger partial charge in [0.2, 0.25) is 0 Å². The fourth-order valence-corrected chi connectivity index (χ4v) is 2.28. The molecule has 0 bridgehead atoms. The Bertz CT molecular complexity index is 536. The number of hydrogen-bond donors (Lipinski definition) is 1. The summed E-state index contributed by atoms with van der Waals surface area (Å²) in [4.78, 5) is 0. The predicted molar refractivity (Wildman–Crippen MR) is 76.0 cm³/mol. The summed E-state index contributed by atoms with van der Waals surface area (Å²) in [5.41, 5.74) is 1.58. The van der Waals surface area contributed by atoms with Crippen LogP contribution in [0.4, 0.5) is 4.39 Å². The van der Waals surface area contributed by atoms with Crippen molar-refractivity contribution in [3.8, 4) is 0 Å². The molecule has 19 heavy (non-hydrogen) atoms. The minimum absolute atomic E-state index is 0.00125. The third-order valence-corrected chi connectivity index (χ3v) is 3.65. The summed E-state index contributed by atoms with van der Waals surface area (Å²) < 4.78 is 13.0. The molecule has 1 nitrogen and oxygen atoms in total.